The van der Waals surface area contributed by atoms with Gasteiger partial charge in [0.1, 0.15) is 0 Å². The van der Waals surface area contributed by atoms with Gasteiger partial charge in [-0.1, -0.05) is 23.7 Å². The minimum absolute atomic E-state index is 0.178. The van der Waals surface area contributed by atoms with Gasteiger partial charge in [0, 0.05) is 17.6 Å². The summed E-state index contributed by atoms with van der Waals surface area (Å²) in [4.78, 5) is 2.09. The SMILES string of the molecule is CC(C)OCCOCC(O)CN(C)C(C)c1cccc(Cl)c1. The average Bonchev–Trinajstić information content (AvgIpc) is 2.45. The number of likely N-dealkylation sites (N-methyl/N-ethyl adjacent to an activating group) is 1. The lowest BCUT2D eigenvalue weighted by atomic mass is 10.1. The maximum atomic E-state index is 10.0. The molecule has 5 heteroatoms. The summed E-state index contributed by atoms with van der Waals surface area (Å²) in [7, 11) is 1.98. The number of aliphatic hydroxyl groups excluding tert-OH is 1. The van der Waals surface area contributed by atoms with E-state index in [9.17, 15) is 5.11 Å². The summed E-state index contributed by atoms with van der Waals surface area (Å²) < 4.78 is 10.8. The Balaban J connectivity index is 2.29. The molecule has 0 spiro atoms. The van der Waals surface area contributed by atoms with E-state index in [-0.39, 0.29) is 12.1 Å². The van der Waals surface area contributed by atoms with Crippen molar-refractivity contribution < 1.29 is 14.6 Å². The second kappa shape index (κ2) is 10.2. The first-order valence-corrected chi connectivity index (χ1v) is 8.11. The van der Waals surface area contributed by atoms with Crippen molar-refractivity contribution in [1.82, 2.24) is 4.90 Å². The molecular weight excluding hydrogens is 302 g/mol. The Hall–Kier alpha value is -0.650. The van der Waals surface area contributed by atoms with E-state index in [1.54, 1.807) is 0 Å². The van der Waals surface area contributed by atoms with Crippen molar-refractivity contribution in [3.63, 3.8) is 0 Å². The van der Waals surface area contributed by atoms with Crippen LogP contribution in [0, 0.1) is 0 Å². The Morgan fingerprint density at radius 2 is 1.95 bits per heavy atom. The molecule has 1 N–H and O–H groups in total. The molecule has 4 nitrogen and oxygen atoms in total. The summed E-state index contributed by atoms with van der Waals surface area (Å²) >= 11 is 6.02. The van der Waals surface area contributed by atoms with Gasteiger partial charge in [0.05, 0.1) is 32.0 Å². The Labute approximate surface area is 139 Å². The fraction of sp³-hybridized carbons (Fsp3) is 0.647. The van der Waals surface area contributed by atoms with Crippen LogP contribution in [-0.4, -0.2) is 55.6 Å². The van der Waals surface area contributed by atoms with Crippen LogP contribution in [0.4, 0.5) is 0 Å². The van der Waals surface area contributed by atoms with Crippen LogP contribution in [0.1, 0.15) is 32.4 Å². The molecule has 0 aromatic heterocycles. The second-order valence-electron chi connectivity index (χ2n) is 5.82. The molecule has 0 aliphatic heterocycles. The standard InChI is InChI=1S/C17H28ClNO3/c1-13(2)22-9-8-21-12-17(20)11-19(4)14(3)15-6-5-7-16(18)10-15/h5-7,10,13-14,17,20H,8-9,11-12H2,1-4H3. The first-order valence-electron chi connectivity index (χ1n) is 7.73. The van der Waals surface area contributed by atoms with E-state index >= 15 is 0 Å². The molecule has 1 aromatic rings. The summed E-state index contributed by atoms with van der Waals surface area (Å²) in [5.41, 5.74) is 1.13. The zero-order valence-electron chi connectivity index (χ0n) is 14.0. The number of hydrogen-bond donors (Lipinski definition) is 1. The van der Waals surface area contributed by atoms with E-state index in [1.807, 2.05) is 45.2 Å². The molecule has 0 amide bonds. The van der Waals surface area contributed by atoms with Gasteiger partial charge in [-0.15, -0.1) is 0 Å². The van der Waals surface area contributed by atoms with Crippen molar-refractivity contribution in [3.05, 3.63) is 34.9 Å². The molecule has 0 saturated carbocycles. The molecule has 126 valence electrons. The maximum Gasteiger partial charge on any atom is 0.0900 e. The Morgan fingerprint density at radius 1 is 1.23 bits per heavy atom. The third-order valence-electron chi connectivity index (χ3n) is 3.48. The number of aliphatic hydroxyl groups is 1. The van der Waals surface area contributed by atoms with Crippen molar-refractivity contribution in [2.45, 2.75) is 39.0 Å². The molecule has 0 aliphatic carbocycles. The highest BCUT2D eigenvalue weighted by Crippen LogP contribution is 2.21. The largest absolute Gasteiger partial charge is 0.389 e. The zero-order valence-corrected chi connectivity index (χ0v) is 14.7. The van der Waals surface area contributed by atoms with Crippen molar-refractivity contribution in [2.24, 2.45) is 0 Å². The average molecular weight is 330 g/mol. The Bertz CT molecular complexity index is 428. The Morgan fingerprint density at radius 3 is 2.59 bits per heavy atom. The van der Waals surface area contributed by atoms with Gasteiger partial charge in [-0.2, -0.15) is 0 Å². The molecule has 1 rings (SSSR count). The minimum atomic E-state index is -0.523. The van der Waals surface area contributed by atoms with Gasteiger partial charge in [0.25, 0.3) is 0 Å². The summed E-state index contributed by atoms with van der Waals surface area (Å²) in [6.45, 7) is 7.98. The minimum Gasteiger partial charge on any atom is -0.389 e. The van der Waals surface area contributed by atoms with E-state index in [0.717, 1.165) is 10.6 Å². The van der Waals surface area contributed by atoms with Gasteiger partial charge in [0.15, 0.2) is 0 Å². The van der Waals surface area contributed by atoms with Crippen LogP contribution in [0.25, 0.3) is 0 Å². The molecule has 0 radical (unpaired) electrons. The van der Waals surface area contributed by atoms with Gasteiger partial charge in [-0.3, -0.25) is 4.90 Å². The van der Waals surface area contributed by atoms with Crippen molar-refractivity contribution in [2.75, 3.05) is 33.4 Å². The van der Waals surface area contributed by atoms with E-state index in [1.165, 1.54) is 0 Å². The normalized spacial score (nSPS) is 14.5. The van der Waals surface area contributed by atoms with E-state index in [4.69, 9.17) is 21.1 Å². The van der Waals surface area contributed by atoms with Gasteiger partial charge in [-0.25, -0.2) is 0 Å². The lowest BCUT2D eigenvalue weighted by Crippen LogP contribution is -2.34. The molecule has 0 saturated heterocycles. The first kappa shape index (κ1) is 19.4. The van der Waals surface area contributed by atoms with Gasteiger partial charge in [0.2, 0.25) is 0 Å². The monoisotopic (exact) mass is 329 g/mol. The third-order valence-corrected chi connectivity index (χ3v) is 3.72. The third kappa shape index (κ3) is 7.56. The van der Waals surface area contributed by atoms with Crippen LogP contribution in [-0.2, 0) is 9.47 Å². The highest BCUT2D eigenvalue weighted by molar-refractivity contribution is 6.30. The highest BCUT2D eigenvalue weighted by atomic mass is 35.5. The fourth-order valence-electron chi connectivity index (χ4n) is 2.13. The predicted molar refractivity (Wildman–Crippen MR) is 90.4 cm³/mol. The topological polar surface area (TPSA) is 41.9 Å². The number of halogens is 1. The molecule has 0 heterocycles. The summed E-state index contributed by atoms with van der Waals surface area (Å²) in [6.07, 6.45) is -0.316. The quantitative estimate of drug-likeness (QED) is 0.670. The second-order valence-corrected chi connectivity index (χ2v) is 6.26. The molecule has 0 bridgehead atoms. The number of hydrogen-bond acceptors (Lipinski definition) is 4. The number of benzene rings is 1. The van der Waals surface area contributed by atoms with Crippen LogP contribution < -0.4 is 0 Å². The molecular formula is C17H28ClNO3. The van der Waals surface area contributed by atoms with E-state index in [2.05, 4.69) is 11.8 Å². The fourth-order valence-corrected chi connectivity index (χ4v) is 2.33. The maximum absolute atomic E-state index is 10.0. The summed E-state index contributed by atoms with van der Waals surface area (Å²) in [5, 5.41) is 10.8. The Kier molecular flexibility index (Phi) is 8.98. The molecule has 2 unspecified atom stereocenters. The van der Waals surface area contributed by atoms with Crippen molar-refractivity contribution in [3.8, 4) is 0 Å². The number of ether oxygens (including phenoxy) is 2. The summed E-state index contributed by atoms with van der Waals surface area (Å²) in [5.74, 6) is 0. The van der Waals surface area contributed by atoms with Gasteiger partial charge >= 0.3 is 0 Å². The van der Waals surface area contributed by atoms with Crippen molar-refractivity contribution in [1.29, 1.82) is 0 Å². The zero-order chi connectivity index (χ0) is 16.5. The van der Waals surface area contributed by atoms with Gasteiger partial charge in [-0.05, 0) is 45.5 Å². The van der Waals surface area contributed by atoms with Gasteiger partial charge < -0.3 is 14.6 Å². The van der Waals surface area contributed by atoms with E-state index in [0.29, 0.717) is 26.4 Å². The van der Waals surface area contributed by atoms with Crippen LogP contribution in [0.2, 0.25) is 5.02 Å². The first-order chi connectivity index (χ1) is 10.4. The van der Waals surface area contributed by atoms with E-state index < -0.39 is 6.10 Å². The van der Waals surface area contributed by atoms with Crippen LogP contribution in [0.15, 0.2) is 24.3 Å². The summed E-state index contributed by atoms with van der Waals surface area (Å²) in [6, 6.07) is 7.97. The lowest BCUT2D eigenvalue weighted by Gasteiger charge is -2.27. The lowest BCUT2D eigenvalue weighted by molar-refractivity contribution is -0.0193. The molecule has 2 atom stereocenters. The molecule has 1 aromatic carbocycles. The number of nitrogens with zero attached hydrogens (tertiary/aromatic N) is 1. The smallest absolute Gasteiger partial charge is 0.0900 e. The van der Waals surface area contributed by atoms with Crippen molar-refractivity contribution >= 4 is 11.6 Å². The molecule has 0 fully saturated rings. The van der Waals surface area contributed by atoms with Crippen LogP contribution in [0.3, 0.4) is 0 Å². The number of rotatable bonds is 10. The predicted octanol–water partition coefficient (Wildman–Crippen LogP) is 3.14. The van der Waals surface area contributed by atoms with Crippen LogP contribution in [0.5, 0.6) is 0 Å². The highest BCUT2D eigenvalue weighted by Gasteiger charge is 2.15. The molecule has 0 aliphatic rings. The molecule has 22 heavy (non-hydrogen) atoms. The van der Waals surface area contributed by atoms with Crippen LogP contribution >= 0.6 is 11.6 Å².